The van der Waals surface area contributed by atoms with Crippen LogP contribution in [0.15, 0.2) is 0 Å². The van der Waals surface area contributed by atoms with Crippen molar-refractivity contribution >= 4 is 21.7 Å². The van der Waals surface area contributed by atoms with Crippen molar-refractivity contribution in [3.05, 3.63) is 0 Å². The van der Waals surface area contributed by atoms with Gasteiger partial charge in [0.25, 0.3) is 0 Å². The van der Waals surface area contributed by atoms with Crippen molar-refractivity contribution in [2.24, 2.45) is 11.8 Å². The normalized spacial score (nSPS) is 41.9. The molecule has 0 heterocycles. The summed E-state index contributed by atoms with van der Waals surface area (Å²) in [4.78, 5) is 11.4. The van der Waals surface area contributed by atoms with Gasteiger partial charge in [0.15, 0.2) is 0 Å². The molecule has 0 bridgehead atoms. The zero-order valence-corrected chi connectivity index (χ0v) is 8.02. The molecule has 0 aliphatic heterocycles. The zero-order chi connectivity index (χ0) is 7.72. The minimum absolute atomic E-state index is 0.138. The average Bonchev–Trinajstić information content (AvgIpc) is 1.93. The van der Waals surface area contributed by atoms with Gasteiger partial charge in [-0.25, -0.2) is 0 Å². The largest absolute Gasteiger partial charge is 0.298 e. The molecule has 1 rings (SSSR count). The molecule has 0 saturated heterocycles. The van der Waals surface area contributed by atoms with Gasteiger partial charge in [-0.15, -0.1) is 0 Å². The van der Waals surface area contributed by atoms with Gasteiger partial charge in [0.1, 0.15) is 5.78 Å². The molecular weight excluding hydrogens is 192 g/mol. The van der Waals surface area contributed by atoms with Gasteiger partial charge < -0.3 is 0 Å². The first-order chi connectivity index (χ1) is 4.63. The predicted molar refractivity (Wildman–Crippen MR) is 45.3 cm³/mol. The molecule has 1 fully saturated rings. The van der Waals surface area contributed by atoms with Crippen molar-refractivity contribution in [2.75, 3.05) is 0 Å². The minimum Gasteiger partial charge on any atom is -0.298 e. The standard InChI is InChI=1S/C8H13BrO/c1-5-3-4-7(9)8(10)6(5)2/h5-7H,3-4H2,1-2H3. The van der Waals surface area contributed by atoms with Crippen molar-refractivity contribution in [1.82, 2.24) is 0 Å². The Kier molecular flexibility index (Phi) is 2.50. The number of carbonyl (C=O) groups is 1. The van der Waals surface area contributed by atoms with E-state index in [1.165, 1.54) is 6.42 Å². The summed E-state index contributed by atoms with van der Waals surface area (Å²) in [5.41, 5.74) is 0. The summed E-state index contributed by atoms with van der Waals surface area (Å²) in [5, 5.41) is 0. The third-order valence-electron chi connectivity index (χ3n) is 2.49. The second-order valence-corrected chi connectivity index (χ2v) is 4.32. The molecule has 0 amide bonds. The molecule has 1 aliphatic carbocycles. The van der Waals surface area contributed by atoms with E-state index in [0.29, 0.717) is 11.7 Å². The number of rotatable bonds is 0. The maximum atomic E-state index is 11.3. The van der Waals surface area contributed by atoms with Gasteiger partial charge in [0.2, 0.25) is 0 Å². The van der Waals surface area contributed by atoms with E-state index in [1.54, 1.807) is 0 Å². The van der Waals surface area contributed by atoms with E-state index < -0.39 is 0 Å². The van der Waals surface area contributed by atoms with Crippen LogP contribution in [0, 0.1) is 11.8 Å². The van der Waals surface area contributed by atoms with Crippen molar-refractivity contribution < 1.29 is 4.79 Å². The topological polar surface area (TPSA) is 17.1 Å². The number of ketones is 1. The molecule has 0 aromatic carbocycles. The van der Waals surface area contributed by atoms with Gasteiger partial charge in [0.05, 0.1) is 4.83 Å². The van der Waals surface area contributed by atoms with Crippen molar-refractivity contribution in [1.29, 1.82) is 0 Å². The maximum absolute atomic E-state index is 11.3. The van der Waals surface area contributed by atoms with Gasteiger partial charge >= 0.3 is 0 Å². The Morgan fingerprint density at radius 1 is 1.40 bits per heavy atom. The van der Waals surface area contributed by atoms with E-state index in [2.05, 4.69) is 22.9 Å². The van der Waals surface area contributed by atoms with Crippen LogP contribution in [0.1, 0.15) is 26.7 Å². The lowest BCUT2D eigenvalue weighted by molar-refractivity contribution is -0.124. The highest BCUT2D eigenvalue weighted by Crippen LogP contribution is 2.30. The Morgan fingerprint density at radius 3 is 2.50 bits per heavy atom. The molecule has 10 heavy (non-hydrogen) atoms. The monoisotopic (exact) mass is 204 g/mol. The van der Waals surface area contributed by atoms with Crippen LogP contribution in [-0.2, 0) is 4.79 Å². The summed E-state index contributed by atoms with van der Waals surface area (Å²) < 4.78 is 0. The Hall–Kier alpha value is 0.150. The minimum atomic E-state index is 0.138. The van der Waals surface area contributed by atoms with Crippen LogP contribution >= 0.6 is 15.9 Å². The van der Waals surface area contributed by atoms with E-state index in [1.807, 2.05) is 6.92 Å². The molecule has 3 atom stereocenters. The van der Waals surface area contributed by atoms with Crippen LogP contribution in [0.2, 0.25) is 0 Å². The second kappa shape index (κ2) is 3.04. The highest BCUT2D eigenvalue weighted by Gasteiger charge is 2.30. The van der Waals surface area contributed by atoms with Crippen molar-refractivity contribution in [3.8, 4) is 0 Å². The van der Waals surface area contributed by atoms with E-state index in [9.17, 15) is 4.79 Å². The Bertz CT molecular complexity index is 144. The van der Waals surface area contributed by atoms with E-state index in [4.69, 9.17) is 0 Å². The molecule has 1 nitrogen and oxygen atoms in total. The molecule has 58 valence electrons. The maximum Gasteiger partial charge on any atom is 0.149 e. The highest BCUT2D eigenvalue weighted by atomic mass is 79.9. The van der Waals surface area contributed by atoms with Gasteiger partial charge in [-0.2, -0.15) is 0 Å². The number of carbonyl (C=O) groups excluding carboxylic acids is 1. The fourth-order valence-corrected chi connectivity index (χ4v) is 2.05. The van der Waals surface area contributed by atoms with Gasteiger partial charge in [-0.05, 0) is 18.8 Å². The number of halogens is 1. The smallest absolute Gasteiger partial charge is 0.149 e. The fourth-order valence-electron chi connectivity index (χ4n) is 1.37. The third-order valence-corrected chi connectivity index (χ3v) is 3.40. The Morgan fingerprint density at radius 2 is 2.00 bits per heavy atom. The number of alkyl halides is 1. The molecule has 3 unspecified atom stereocenters. The first-order valence-corrected chi connectivity index (χ1v) is 4.72. The predicted octanol–water partition coefficient (Wildman–Crippen LogP) is 2.39. The molecule has 0 spiro atoms. The Labute approximate surface area is 70.3 Å². The summed E-state index contributed by atoms with van der Waals surface area (Å²) in [7, 11) is 0. The zero-order valence-electron chi connectivity index (χ0n) is 6.43. The lowest BCUT2D eigenvalue weighted by atomic mass is 9.81. The molecule has 0 aromatic rings. The van der Waals surface area contributed by atoms with E-state index in [0.717, 1.165) is 6.42 Å². The highest BCUT2D eigenvalue weighted by molar-refractivity contribution is 9.10. The number of Topliss-reactive ketones (excluding diaryl/α,β-unsaturated/α-hetero) is 1. The first kappa shape index (κ1) is 8.25. The van der Waals surface area contributed by atoms with Crippen LogP contribution in [0.5, 0.6) is 0 Å². The number of hydrogen-bond acceptors (Lipinski definition) is 1. The van der Waals surface area contributed by atoms with Crippen LogP contribution < -0.4 is 0 Å². The molecule has 0 aromatic heterocycles. The summed E-state index contributed by atoms with van der Waals surface area (Å²) in [6, 6.07) is 0. The van der Waals surface area contributed by atoms with Crippen molar-refractivity contribution in [3.63, 3.8) is 0 Å². The van der Waals surface area contributed by atoms with Gasteiger partial charge in [0, 0.05) is 5.92 Å². The molecule has 1 aliphatic rings. The average molecular weight is 205 g/mol. The SMILES string of the molecule is CC1CCC(Br)C(=O)C1C. The third kappa shape index (κ3) is 1.42. The molecule has 2 heteroatoms. The number of hydrogen-bond donors (Lipinski definition) is 0. The van der Waals surface area contributed by atoms with Gasteiger partial charge in [-0.1, -0.05) is 29.8 Å². The van der Waals surface area contributed by atoms with E-state index >= 15 is 0 Å². The fraction of sp³-hybridized carbons (Fsp3) is 0.875. The summed E-state index contributed by atoms with van der Waals surface area (Å²) >= 11 is 3.37. The first-order valence-electron chi connectivity index (χ1n) is 3.80. The summed E-state index contributed by atoms with van der Waals surface area (Å²) in [6.07, 6.45) is 2.20. The Balaban J connectivity index is 2.60. The molecule has 0 N–H and O–H groups in total. The van der Waals surface area contributed by atoms with Crippen LogP contribution in [-0.4, -0.2) is 10.6 Å². The van der Waals surface area contributed by atoms with E-state index in [-0.39, 0.29) is 10.7 Å². The van der Waals surface area contributed by atoms with Crippen LogP contribution in [0.3, 0.4) is 0 Å². The van der Waals surface area contributed by atoms with Crippen molar-refractivity contribution in [2.45, 2.75) is 31.5 Å². The second-order valence-electron chi connectivity index (χ2n) is 3.21. The quantitative estimate of drug-likeness (QED) is 0.555. The van der Waals surface area contributed by atoms with Crippen LogP contribution in [0.4, 0.5) is 0 Å². The lowest BCUT2D eigenvalue weighted by Gasteiger charge is -2.27. The molecule has 1 saturated carbocycles. The molecule has 0 radical (unpaired) electrons. The van der Waals surface area contributed by atoms with Crippen LogP contribution in [0.25, 0.3) is 0 Å². The van der Waals surface area contributed by atoms with Gasteiger partial charge in [-0.3, -0.25) is 4.79 Å². The summed E-state index contributed by atoms with van der Waals surface area (Å²) in [6.45, 7) is 4.18. The summed E-state index contributed by atoms with van der Waals surface area (Å²) in [5.74, 6) is 1.23. The molecular formula is C8H13BrO. The lowest BCUT2D eigenvalue weighted by Crippen LogP contribution is -2.32.